The molecule has 0 atom stereocenters. The van der Waals surface area contributed by atoms with Crippen LogP contribution in [0.2, 0.25) is 0 Å². The first-order chi connectivity index (χ1) is 21.1. The summed E-state index contributed by atoms with van der Waals surface area (Å²) in [7, 11) is -0.695. The van der Waals surface area contributed by atoms with Gasteiger partial charge in [0.1, 0.15) is 11.6 Å². The minimum absolute atomic E-state index is 0.0136. The number of anilines is 1. The van der Waals surface area contributed by atoms with E-state index in [4.69, 9.17) is 4.74 Å². The predicted molar refractivity (Wildman–Crippen MR) is 170 cm³/mol. The number of pyridine rings is 1. The highest BCUT2D eigenvalue weighted by Crippen LogP contribution is 2.42. The van der Waals surface area contributed by atoms with Gasteiger partial charge in [-0.15, -0.1) is 0 Å². The van der Waals surface area contributed by atoms with Gasteiger partial charge in [-0.25, -0.2) is 13.4 Å². The lowest BCUT2D eigenvalue weighted by Crippen LogP contribution is -2.48. The maximum atomic E-state index is 13.8. The van der Waals surface area contributed by atoms with Crippen molar-refractivity contribution in [1.82, 2.24) is 24.2 Å². The molecule has 2 fully saturated rings. The van der Waals surface area contributed by atoms with Gasteiger partial charge >= 0.3 is 0 Å². The van der Waals surface area contributed by atoms with Crippen LogP contribution in [0.3, 0.4) is 0 Å². The normalized spacial score (nSPS) is 17.0. The van der Waals surface area contributed by atoms with E-state index in [0.29, 0.717) is 39.3 Å². The van der Waals surface area contributed by atoms with Crippen LogP contribution in [0.15, 0.2) is 59.8 Å². The number of aromatic nitrogens is 3. The Bertz CT molecular complexity index is 1750. The number of benzene rings is 2. The lowest BCUT2D eigenvalue weighted by atomic mass is 9.71. The molecule has 2 saturated heterocycles. The van der Waals surface area contributed by atoms with Crippen LogP contribution in [0.25, 0.3) is 11.0 Å². The molecular weight excluding hydrogens is 576 g/mol. The summed E-state index contributed by atoms with van der Waals surface area (Å²) in [5, 5.41) is 0. The first kappa shape index (κ1) is 30.1. The fourth-order valence-electron chi connectivity index (χ4n) is 6.87. The Morgan fingerprint density at radius 2 is 1.64 bits per heavy atom. The molecular formula is C33H40N6O4S. The minimum atomic E-state index is -3.80. The summed E-state index contributed by atoms with van der Waals surface area (Å²) >= 11 is 0. The molecule has 0 radical (unpaired) electrons. The molecule has 6 rings (SSSR count). The molecule has 1 amide bonds. The first-order valence-electron chi connectivity index (χ1n) is 15.1. The Labute approximate surface area is 259 Å². The van der Waals surface area contributed by atoms with Gasteiger partial charge in [0.15, 0.2) is 0 Å². The molecule has 11 heteroatoms. The number of rotatable bonds is 7. The van der Waals surface area contributed by atoms with E-state index < -0.39 is 10.0 Å². The topological polar surface area (TPSA) is 112 Å². The number of methoxy groups -OCH3 is 1. The van der Waals surface area contributed by atoms with E-state index in [1.807, 2.05) is 35.5 Å². The summed E-state index contributed by atoms with van der Waals surface area (Å²) in [4.78, 5) is 30.5. The average Bonchev–Trinajstić information content (AvgIpc) is 3.44. The van der Waals surface area contributed by atoms with Gasteiger partial charge in [-0.1, -0.05) is 6.07 Å². The lowest BCUT2D eigenvalue weighted by Gasteiger charge is -2.47. The maximum Gasteiger partial charge on any atom is 0.256 e. The quantitative estimate of drug-likeness (QED) is 0.314. The van der Waals surface area contributed by atoms with Gasteiger partial charge in [0.05, 0.1) is 35.1 Å². The fraction of sp³-hybridized carbons (Fsp3) is 0.424. The number of carbonyl (C=O) groups is 1. The molecule has 0 bridgehead atoms. The molecule has 4 heterocycles. The van der Waals surface area contributed by atoms with Gasteiger partial charge in [-0.3, -0.25) is 9.78 Å². The van der Waals surface area contributed by atoms with Gasteiger partial charge in [0.2, 0.25) is 10.0 Å². The largest absolute Gasteiger partial charge is 0.497 e. The number of nitrogens with zero attached hydrogens (tertiary/aromatic N) is 5. The third-order valence-corrected chi connectivity index (χ3v) is 11.6. The standard InChI is InChI=1S/C33H40N6O4S/c1-23-20-26(43-4)21-24(2)31(23)44(41,42)37(3)22-29-35-28-7-5-6-27(30(28)36-29)32(40)39-18-12-33(13-19-39)10-16-38(17-11-33)25-8-14-34-15-9-25/h5-9,14-15,20-21H,10-13,16-19,22H2,1-4H3,(H,35,36). The Balaban J connectivity index is 1.13. The van der Waals surface area contributed by atoms with Crippen LogP contribution in [0, 0.1) is 19.3 Å². The molecule has 2 aliphatic heterocycles. The van der Waals surface area contributed by atoms with Gasteiger partial charge in [-0.05, 0) is 92.5 Å². The van der Waals surface area contributed by atoms with Gasteiger partial charge in [0, 0.05) is 51.3 Å². The van der Waals surface area contributed by atoms with Crippen molar-refractivity contribution in [2.24, 2.45) is 5.41 Å². The number of nitrogens with one attached hydrogen (secondary N) is 1. The number of sulfonamides is 1. The molecule has 10 nitrogen and oxygen atoms in total. The summed E-state index contributed by atoms with van der Waals surface area (Å²) in [5.74, 6) is 1.08. The monoisotopic (exact) mass is 616 g/mol. The number of likely N-dealkylation sites (tertiary alicyclic amines) is 1. The number of amides is 1. The van der Waals surface area contributed by atoms with Gasteiger partial charge in [-0.2, -0.15) is 4.31 Å². The Hall–Kier alpha value is -3.96. The van der Waals surface area contributed by atoms with Gasteiger partial charge < -0.3 is 19.5 Å². The Morgan fingerprint density at radius 3 is 2.27 bits per heavy atom. The number of piperidine rings is 2. The summed E-state index contributed by atoms with van der Waals surface area (Å²) in [5.41, 5.74) is 4.60. The van der Waals surface area contributed by atoms with Crippen molar-refractivity contribution in [3.8, 4) is 5.75 Å². The van der Waals surface area contributed by atoms with E-state index in [2.05, 4.69) is 32.0 Å². The van der Waals surface area contributed by atoms with Crippen molar-refractivity contribution in [2.45, 2.75) is 51.0 Å². The molecule has 4 aromatic rings. The highest BCUT2D eigenvalue weighted by Gasteiger charge is 2.39. The van der Waals surface area contributed by atoms with E-state index in [1.165, 1.54) is 9.99 Å². The first-order valence-corrected chi connectivity index (χ1v) is 16.6. The van der Waals surface area contributed by atoms with Crippen molar-refractivity contribution < 1.29 is 17.9 Å². The van der Waals surface area contributed by atoms with Crippen molar-refractivity contribution in [2.75, 3.05) is 45.2 Å². The second-order valence-corrected chi connectivity index (χ2v) is 14.2. The molecule has 232 valence electrons. The van der Waals surface area contributed by atoms with Crippen LogP contribution in [-0.4, -0.2) is 78.8 Å². The predicted octanol–water partition coefficient (Wildman–Crippen LogP) is 4.93. The smallest absolute Gasteiger partial charge is 0.256 e. The van der Waals surface area contributed by atoms with Crippen LogP contribution >= 0.6 is 0 Å². The van der Waals surface area contributed by atoms with Crippen LogP contribution < -0.4 is 9.64 Å². The molecule has 0 saturated carbocycles. The zero-order valence-corrected chi connectivity index (χ0v) is 26.7. The summed E-state index contributed by atoms with van der Waals surface area (Å²) in [6.07, 6.45) is 7.94. The highest BCUT2D eigenvalue weighted by molar-refractivity contribution is 7.89. The molecule has 2 aromatic carbocycles. The van der Waals surface area contributed by atoms with Crippen LogP contribution in [-0.2, 0) is 16.6 Å². The number of imidazole rings is 1. The van der Waals surface area contributed by atoms with E-state index in [0.717, 1.165) is 51.9 Å². The van der Waals surface area contributed by atoms with Crippen molar-refractivity contribution in [3.63, 3.8) is 0 Å². The zero-order valence-electron chi connectivity index (χ0n) is 25.8. The van der Waals surface area contributed by atoms with Crippen molar-refractivity contribution in [3.05, 3.63) is 77.4 Å². The van der Waals surface area contributed by atoms with Gasteiger partial charge in [0.25, 0.3) is 5.91 Å². The second kappa shape index (κ2) is 11.9. The number of aromatic amines is 1. The second-order valence-electron chi connectivity index (χ2n) is 12.2. The molecule has 2 aromatic heterocycles. The molecule has 0 unspecified atom stereocenters. The SMILES string of the molecule is COc1cc(C)c(S(=O)(=O)N(C)Cc2nc3cccc(C(=O)N4CCC5(CC4)CCN(c4ccncc4)CC5)c3[nH]2)c(C)c1. The number of fused-ring (bicyclic) bond motifs is 1. The number of hydrogen-bond acceptors (Lipinski definition) is 7. The van der Waals surface area contributed by atoms with Crippen LogP contribution in [0.4, 0.5) is 5.69 Å². The van der Waals surface area contributed by atoms with E-state index in [9.17, 15) is 13.2 Å². The number of carbonyl (C=O) groups excluding carboxylic acids is 1. The third-order valence-electron chi connectivity index (χ3n) is 9.47. The van der Waals surface area contributed by atoms with Crippen LogP contribution in [0.5, 0.6) is 5.75 Å². The Morgan fingerprint density at radius 1 is 1.00 bits per heavy atom. The van der Waals surface area contributed by atoms with E-state index in [-0.39, 0.29) is 22.8 Å². The summed E-state index contributed by atoms with van der Waals surface area (Å²) in [6.45, 7) is 7.08. The molecule has 1 N–H and O–H groups in total. The summed E-state index contributed by atoms with van der Waals surface area (Å²) < 4.78 is 33.7. The van der Waals surface area contributed by atoms with E-state index in [1.54, 1.807) is 40.1 Å². The molecule has 1 spiro atoms. The average molecular weight is 617 g/mol. The zero-order chi connectivity index (χ0) is 31.1. The number of H-pyrrole nitrogens is 1. The molecule has 0 aliphatic carbocycles. The van der Waals surface area contributed by atoms with Crippen molar-refractivity contribution >= 4 is 32.7 Å². The minimum Gasteiger partial charge on any atom is -0.497 e. The van der Waals surface area contributed by atoms with Crippen molar-refractivity contribution in [1.29, 1.82) is 0 Å². The Kier molecular flexibility index (Phi) is 8.10. The number of ether oxygens (including phenoxy) is 1. The molecule has 2 aliphatic rings. The maximum absolute atomic E-state index is 13.8. The number of hydrogen-bond donors (Lipinski definition) is 1. The third kappa shape index (κ3) is 5.66. The number of para-hydroxylation sites is 1. The lowest BCUT2D eigenvalue weighted by molar-refractivity contribution is 0.0516. The number of aryl methyl sites for hydroxylation is 2. The molecule has 44 heavy (non-hydrogen) atoms. The fourth-order valence-corrected chi connectivity index (χ4v) is 8.41. The van der Waals surface area contributed by atoms with Crippen LogP contribution in [0.1, 0.15) is 53.0 Å². The van der Waals surface area contributed by atoms with E-state index >= 15 is 0 Å². The summed E-state index contributed by atoms with van der Waals surface area (Å²) in [6, 6.07) is 13.1. The highest BCUT2D eigenvalue weighted by atomic mass is 32.2.